The second kappa shape index (κ2) is 12.6. The van der Waals surface area contributed by atoms with Gasteiger partial charge in [-0.1, -0.05) is 107 Å². The number of aromatic hydroxyl groups is 1. The molecule has 39 heavy (non-hydrogen) atoms. The molecular formula is C31H35Cl3N2O3. The summed E-state index contributed by atoms with van der Waals surface area (Å²) in [5.41, 5.74) is 6.26. The molecule has 0 atom stereocenters. The molecule has 8 heteroatoms. The largest absolute Gasteiger partial charge is 0.507 e. The molecule has 3 aromatic carbocycles. The number of nitrogens with zero attached hydrogens (tertiary/aromatic N) is 1. The van der Waals surface area contributed by atoms with E-state index < -0.39 is 0 Å². The summed E-state index contributed by atoms with van der Waals surface area (Å²) in [5, 5.41) is 16.2. The van der Waals surface area contributed by atoms with Crippen LogP contribution in [-0.2, 0) is 28.7 Å². The van der Waals surface area contributed by atoms with Crippen molar-refractivity contribution in [3.8, 4) is 11.5 Å². The monoisotopic (exact) mass is 588 g/mol. The average Bonchev–Trinajstić information content (AvgIpc) is 2.82. The van der Waals surface area contributed by atoms with Crippen LogP contribution in [0.25, 0.3) is 0 Å². The average molecular weight is 590 g/mol. The number of carbonyl (C=O) groups is 1. The number of halogens is 3. The van der Waals surface area contributed by atoms with Crippen LogP contribution in [0.15, 0.2) is 53.6 Å². The first-order valence-electron chi connectivity index (χ1n) is 12.7. The van der Waals surface area contributed by atoms with Gasteiger partial charge in [0, 0.05) is 17.0 Å². The van der Waals surface area contributed by atoms with E-state index in [9.17, 15) is 9.90 Å². The maximum absolute atomic E-state index is 12.5. The Hall–Kier alpha value is -2.73. The van der Waals surface area contributed by atoms with Gasteiger partial charge in [0.1, 0.15) is 12.4 Å². The molecule has 0 aliphatic heterocycles. The van der Waals surface area contributed by atoms with Gasteiger partial charge in [-0.3, -0.25) is 4.79 Å². The second-order valence-electron chi connectivity index (χ2n) is 11.5. The Balaban J connectivity index is 1.63. The molecule has 5 nitrogen and oxygen atoms in total. The summed E-state index contributed by atoms with van der Waals surface area (Å²) in [6.07, 6.45) is 2.23. The van der Waals surface area contributed by atoms with E-state index in [2.05, 4.69) is 52.1 Å². The number of benzene rings is 3. The van der Waals surface area contributed by atoms with Gasteiger partial charge in [-0.25, -0.2) is 5.43 Å². The van der Waals surface area contributed by atoms with Crippen LogP contribution >= 0.6 is 34.8 Å². The van der Waals surface area contributed by atoms with Crippen molar-refractivity contribution >= 4 is 46.9 Å². The first-order chi connectivity index (χ1) is 18.2. The van der Waals surface area contributed by atoms with Gasteiger partial charge in [0.2, 0.25) is 5.91 Å². The molecular weight excluding hydrogens is 555 g/mol. The van der Waals surface area contributed by atoms with Gasteiger partial charge in [0.15, 0.2) is 5.75 Å². The predicted octanol–water partition coefficient (Wildman–Crippen LogP) is 8.61. The first kappa shape index (κ1) is 30.8. The van der Waals surface area contributed by atoms with Crippen LogP contribution in [-0.4, -0.2) is 17.2 Å². The van der Waals surface area contributed by atoms with Gasteiger partial charge in [-0.05, 0) is 57.7 Å². The highest BCUT2D eigenvalue weighted by Gasteiger charge is 2.26. The molecule has 1 amide bonds. The maximum atomic E-state index is 12.5. The van der Waals surface area contributed by atoms with Gasteiger partial charge in [-0.2, -0.15) is 5.10 Å². The number of carbonyl (C=O) groups excluding carboxylic acids is 1. The highest BCUT2D eigenvalue weighted by atomic mass is 35.5. The second-order valence-corrected chi connectivity index (χ2v) is 12.7. The van der Waals surface area contributed by atoms with Crippen molar-refractivity contribution in [1.29, 1.82) is 0 Å². The molecule has 2 N–H and O–H groups in total. The number of hydrogen-bond donors (Lipinski definition) is 2. The molecule has 0 aromatic heterocycles. The molecule has 0 radical (unpaired) electrons. The summed E-state index contributed by atoms with van der Waals surface area (Å²) < 4.78 is 5.79. The molecule has 0 spiro atoms. The van der Waals surface area contributed by atoms with Crippen molar-refractivity contribution in [3.63, 3.8) is 0 Å². The molecule has 3 rings (SSSR count). The van der Waals surface area contributed by atoms with Crippen LogP contribution in [0.4, 0.5) is 0 Å². The molecule has 0 unspecified atom stereocenters. The van der Waals surface area contributed by atoms with Gasteiger partial charge >= 0.3 is 0 Å². The highest BCUT2D eigenvalue weighted by molar-refractivity contribution is 6.37. The first-order valence-corrected chi connectivity index (χ1v) is 13.8. The number of aryl methyl sites for hydroxylation is 1. The Bertz CT molecular complexity index is 1310. The number of phenols is 1. The zero-order chi connectivity index (χ0) is 29.0. The van der Waals surface area contributed by atoms with Crippen LogP contribution < -0.4 is 10.2 Å². The molecule has 0 heterocycles. The summed E-state index contributed by atoms with van der Waals surface area (Å²) in [6, 6.07) is 14.7. The van der Waals surface area contributed by atoms with Crippen LogP contribution in [0, 0.1) is 0 Å². The fourth-order valence-electron chi connectivity index (χ4n) is 4.03. The minimum atomic E-state index is -0.232. The van der Waals surface area contributed by atoms with Crippen molar-refractivity contribution < 1.29 is 14.6 Å². The Kier molecular flexibility index (Phi) is 9.98. The van der Waals surface area contributed by atoms with Crippen LogP contribution in [0.5, 0.6) is 11.5 Å². The highest BCUT2D eigenvalue weighted by Crippen LogP contribution is 2.40. The summed E-state index contributed by atoms with van der Waals surface area (Å²) in [6.45, 7) is 12.6. The number of rotatable bonds is 8. The number of phenolic OH excluding ortho intramolecular Hbond substituents is 1. The van der Waals surface area contributed by atoms with Crippen LogP contribution in [0.1, 0.15) is 75.8 Å². The number of amides is 1. The molecule has 0 saturated heterocycles. The van der Waals surface area contributed by atoms with E-state index >= 15 is 0 Å². The molecule has 0 fully saturated rings. The number of hydrazone groups is 1. The van der Waals surface area contributed by atoms with E-state index in [1.807, 2.05) is 30.3 Å². The van der Waals surface area contributed by atoms with E-state index in [1.165, 1.54) is 6.21 Å². The summed E-state index contributed by atoms with van der Waals surface area (Å²) in [7, 11) is 0. The lowest BCUT2D eigenvalue weighted by Crippen LogP contribution is -2.20. The molecule has 208 valence electrons. The van der Waals surface area contributed by atoms with E-state index in [4.69, 9.17) is 39.5 Å². The molecule has 0 saturated carbocycles. The summed E-state index contributed by atoms with van der Waals surface area (Å²) >= 11 is 19.0. The number of hydrogen-bond acceptors (Lipinski definition) is 4. The number of ether oxygens (including phenoxy) is 1. The maximum Gasteiger partial charge on any atom is 0.240 e. The normalized spacial score (nSPS) is 12.1. The Morgan fingerprint density at radius 1 is 0.923 bits per heavy atom. The van der Waals surface area contributed by atoms with E-state index in [-0.39, 0.29) is 29.8 Å². The third-order valence-corrected chi connectivity index (χ3v) is 7.11. The fraction of sp³-hybridized carbons (Fsp3) is 0.355. The molecule has 0 bridgehead atoms. The van der Waals surface area contributed by atoms with E-state index in [0.717, 1.165) is 22.3 Å². The standard InChI is InChI=1S/C31H35Cl3N2O3/c1-30(2,3)22-13-19(14-23(28(22)38)31(4,5)6)11-12-27(37)36-35-17-20-15-25(33)29(26(34)16-20)39-18-21-9-7-8-10-24(21)32/h7-10,13-17,38H,11-12,18H2,1-6H3,(H,36,37)/b35-17-. The lowest BCUT2D eigenvalue weighted by molar-refractivity contribution is -0.121. The van der Waals surface area contributed by atoms with Crippen LogP contribution in [0.3, 0.4) is 0 Å². The predicted molar refractivity (Wildman–Crippen MR) is 162 cm³/mol. The number of nitrogens with one attached hydrogen (secondary N) is 1. The quantitative estimate of drug-likeness (QED) is 0.204. The summed E-state index contributed by atoms with van der Waals surface area (Å²) in [5.74, 6) is 0.439. The topological polar surface area (TPSA) is 70.9 Å². The van der Waals surface area contributed by atoms with Gasteiger partial charge in [-0.15, -0.1) is 0 Å². The van der Waals surface area contributed by atoms with Crippen molar-refractivity contribution in [1.82, 2.24) is 5.43 Å². The Morgan fingerprint density at radius 2 is 1.49 bits per heavy atom. The zero-order valence-corrected chi connectivity index (χ0v) is 25.4. The van der Waals surface area contributed by atoms with Crippen molar-refractivity contribution in [3.05, 3.63) is 91.4 Å². The molecule has 3 aromatic rings. The lowest BCUT2D eigenvalue weighted by Gasteiger charge is -2.28. The van der Waals surface area contributed by atoms with E-state index in [1.54, 1.807) is 18.2 Å². The smallest absolute Gasteiger partial charge is 0.240 e. The third kappa shape index (κ3) is 8.38. The van der Waals surface area contributed by atoms with Crippen molar-refractivity contribution in [2.45, 2.75) is 71.8 Å². The third-order valence-electron chi connectivity index (χ3n) is 6.18. The van der Waals surface area contributed by atoms with Gasteiger partial charge in [0.05, 0.1) is 16.3 Å². The summed E-state index contributed by atoms with van der Waals surface area (Å²) in [4.78, 5) is 12.5. The zero-order valence-electron chi connectivity index (χ0n) is 23.2. The van der Waals surface area contributed by atoms with Crippen molar-refractivity contribution in [2.75, 3.05) is 0 Å². The Morgan fingerprint density at radius 3 is 2.03 bits per heavy atom. The Labute approximate surface area is 246 Å². The van der Waals surface area contributed by atoms with Gasteiger partial charge in [0.25, 0.3) is 0 Å². The minimum Gasteiger partial charge on any atom is -0.507 e. The van der Waals surface area contributed by atoms with Crippen LogP contribution in [0.2, 0.25) is 15.1 Å². The molecule has 0 aliphatic carbocycles. The van der Waals surface area contributed by atoms with E-state index in [0.29, 0.717) is 38.6 Å². The minimum absolute atomic E-state index is 0.220. The van der Waals surface area contributed by atoms with Crippen molar-refractivity contribution in [2.24, 2.45) is 5.10 Å². The lowest BCUT2D eigenvalue weighted by atomic mass is 9.78. The molecule has 0 aliphatic rings. The van der Waals surface area contributed by atoms with Gasteiger partial charge < -0.3 is 9.84 Å². The fourth-order valence-corrected chi connectivity index (χ4v) is 4.84. The SMILES string of the molecule is CC(C)(C)c1cc(CCC(=O)N/N=C\c2cc(Cl)c(OCc3ccccc3Cl)c(Cl)c2)cc(C(C)(C)C)c1O.